The summed E-state index contributed by atoms with van der Waals surface area (Å²) in [6, 6.07) is 5.68. The summed E-state index contributed by atoms with van der Waals surface area (Å²) in [6.07, 6.45) is 3.63. The Bertz CT molecular complexity index is 521. The van der Waals surface area contributed by atoms with Crippen LogP contribution in [0.1, 0.15) is 43.5 Å². The molecule has 1 aromatic carbocycles. The first-order valence-electron chi connectivity index (χ1n) is 7.78. The van der Waals surface area contributed by atoms with E-state index < -0.39 is 0 Å². The maximum Gasteiger partial charge on any atom is 0.253 e. The van der Waals surface area contributed by atoms with Gasteiger partial charge in [0.1, 0.15) is 0 Å². The van der Waals surface area contributed by atoms with Crippen molar-refractivity contribution < 1.29 is 4.79 Å². The van der Waals surface area contributed by atoms with Crippen LogP contribution in [-0.2, 0) is 0 Å². The van der Waals surface area contributed by atoms with E-state index in [9.17, 15) is 4.79 Å². The number of carbonyl (C=O) groups excluding carboxylic acids is 1. The molecule has 1 amide bonds. The fourth-order valence-corrected chi connectivity index (χ4v) is 3.20. The van der Waals surface area contributed by atoms with Crippen molar-refractivity contribution >= 4 is 17.3 Å². The highest BCUT2D eigenvalue weighted by molar-refractivity contribution is 5.95. The van der Waals surface area contributed by atoms with Crippen LogP contribution >= 0.6 is 0 Å². The van der Waals surface area contributed by atoms with Crippen molar-refractivity contribution in [2.75, 3.05) is 37.8 Å². The summed E-state index contributed by atoms with van der Waals surface area (Å²) in [5.41, 5.74) is 9.03. The van der Waals surface area contributed by atoms with Gasteiger partial charge in [-0.25, -0.2) is 0 Å². The van der Waals surface area contributed by atoms with Gasteiger partial charge in [0.2, 0.25) is 0 Å². The number of nitrogens with two attached hydrogens (primary N) is 1. The Hall–Kier alpha value is -1.71. The van der Waals surface area contributed by atoms with Crippen LogP contribution in [0, 0.1) is 5.41 Å². The minimum atomic E-state index is -0.00821. The molecule has 0 saturated carbocycles. The van der Waals surface area contributed by atoms with Crippen molar-refractivity contribution in [3.05, 3.63) is 23.8 Å². The highest BCUT2D eigenvalue weighted by Gasteiger charge is 2.35. The van der Waals surface area contributed by atoms with Gasteiger partial charge in [0.25, 0.3) is 5.91 Å². The van der Waals surface area contributed by atoms with Gasteiger partial charge in [0.15, 0.2) is 0 Å². The molecule has 0 spiro atoms. The molecule has 1 aliphatic heterocycles. The second-order valence-electron chi connectivity index (χ2n) is 6.35. The van der Waals surface area contributed by atoms with Crippen LogP contribution in [0.15, 0.2) is 18.2 Å². The molecule has 116 valence electrons. The number of rotatable bonds is 4. The van der Waals surface area contributed by atoms with Crippen LogP contribution in [0.4, 0.5) is 11.4 Å². The molecular weight excluding hydrogens is 262 g/mol. The largest absolute Gasteiger partial charge is 0.397 e. The molecule has 0 aromatic heterocycles. The van der Waals surface area contributed by atoms with Gasteiger partial charge in [0, 0.05) is 32.7 Å². The average molecular weight is 289 g/mol. The molecule has 4 nitrogen and oxygen atoms in total. The quantitative estimate of drug-likeness (QED) is 0.867. The van der Waals surface area contributed by atoms with E-state index in [1.165, 1.54) is 19.3 Å². The van der Waals surface area contributed by atoms with E-state index >= 15 is 0 Å². The summed E-state index contributed by atoms with van der Waals surface area (Å²) in [5.74, 6) is -0.00821. The molecule has 0 unspecified atom stereocenters. The smallest absolute Gasteiger partial charge is 0.253 e. The van der Waals surface area contributed by atoms with Crippen LogP contribution in [0.2, 0.25) is 0 Å². The molecule has 1 saturated heterocycles. The van der Waals surface area contributed by atoms with E-state index in [-0.39, 0.29) is 5.91 Å². The number of hydrogen-bond donors (Lipinski definition) is 1. The maximum atomic E-state index is 12.0. The number of hydrogen-bond acceptors (Lipinski definition) is 3. The number of benzene rings is 1. The number of carbonyl (C=O) groups is 1. The third kappa shape index (κ3) is 2.99. The molecule has 0 radical (unpaired) electrons. The minimum Gasteiger partial charge on any atom is -0.397 e. The Morgan fingerprint density at radius 1 is 1.33 bits per heavy atom. The zero-order chi connectivity index (χ0) is 15.6. The molecule has 0 atom stereocenters. The Kier molecular flexibility index (Phi) is 4.45. The van der Waals surface area contributed by atoms with Gasteiger partial charge in [-0.15, -0.1) is 0 Å². The standard InChI is InChI=1S/C17H27N3O/c1-5-17(6-2)9-10-20(12-17)15-8-7-13(11-14(15)18)16(21)19(3)4/h7-8,11H,5-6,9-10,12,18H2,1-4H3. The van der Waals surface area contributed by atoms with E-state index in [1.807, 2.05) is 12.1 Å². The SMILES string of the molecule is CCC1(CC)CCN(c2ccc(C(=O)N(C)C)cc2N)C1. The van der Waals surface area contributed by atoms with Crippen molar-refractivity contribution in [1.82, 2.24) is 4.90 Å². The Morgan fingerprint density at radius 2 is 2.00 bits per heavy atom. The molecule has 0 bridgehead atoms. The van der Waals surface area contributed by atoms with Crippen molar-refractivity contribution in [3.8, 4) is 0 Å². The summed E-state index contributed by atoms with van der Waals surface area (Å²) in [4.78, 5) is 15.9. The fraction of sp³-hybridized carbons (Fsp3) is 0.588. The molecule has 0 aliphatic carbocycles. The van der Waals surface area contributed by atoms with E-state index in [2.05, 4.69) is 18.7 Å². The zero-order valence-electron chi connectivity index (χ0n) is 13.6. The third-order valence-electron chi connectivity index (χ3n) is 4.96. The zero-order valence-corrected chi connectivity index (χ0v) is 13.6. The van der Waals surface area contributed by atoms with E-state index in [4.69, 9.17) is 5.73 Å². The summed E-state index contributed by atoms with van der Waals surface area (Å²) in [6.45, 7) is 6.66. The first-order chi connectivity index (χ1) is 9.92. The predicted octanol–water partition coefficient (Wildman–Crippen LogP) is 2.99. The van der Waals surface area contributed by atoms with Crippen LogP contribution in [0.5, 0.6) is 0 Å². The lowest BCUT2D eigenvalue weighted by molar-refractivity contribution is 0.0827. The first-order valence-corrected chi connectivity index (χ1v) is 7.78. The maximum absolute atomic E-state index is 12.0. The summed E-state index contributed by atoms with van der Waals surface area (Å²) in [5, 5.41) is 0. The van der Waals surface area contributed by atoms with Crippen LogP contribution in [0.3, 0.4) is 0 Å². The van der Waals surface area contributed by atoms with Crippen molar-refractivity contribution in [3.63, 3.8) is 0 Å². The number of nitrogens with zero attached hydrogens (tertiary/aromatic N) is 2. The van der Waals surface area contributed by atoms with Crippen LogP contribution in [0.25, 0.3) is 0 Å². The summed E-state index contributed by atoms with van der Waals surface area (Å²) < 4.78 is 0. The monoisotopic (exact) mass is 289 g/mol. The highest BCUT2D eigenvalue weighted by atomic mass is 16.2. The van der Waals surface area contributed by atoms with Gasteiger partial charge in [-0.3, -0.25) is 4.79 Å². The molecule has 1 aromatic rings. The summed E-state index contributed by atoms with van der Waals surface area (Å²) in [7, 11) is 3.51. The van der Waals surface area contributed by atoms with Crippen LogP contribution in [-0.4, -0.2) is 38.0 Å². The molecule has 2 N–H and O–H groups in total. The van der Waals surface area contributed by atoms with Crippen molar-refractivity contribution in [2.24, 2.45) is 5.41 Å². The lowest BCUT2D eigenvalue weighted by Gasteiger charge is -2.28. The first kappa shape index (κ1) is 15.7. The van der Waals surface area contributed by atoms with Crippen molar-refractivity contribution in [1.29, 1.82) is 0 Å². The lowest BCUT2D eigenvalue weighted by Crippen LogP contribution is -2.27. The van der Waals surface area contributed by atoms with Gasteiger partial charge >= 0.3 is 0 Å². The molecule has 21 heavy (non-hydrogen) atoms. The normalized spacial score (nSPS) is 17.0. The second-order valence-corrected chi connectivity index (χ2v) is 6.35. The molecule has 4 heteroatoms. The number of amides is 1. The molecule has 2 rings (SSSR count). The van der Waals surface area contributed by atoms with E-state index in [0.29, 0.717) is 16.7 Å². The third-order valence-corrected chi connectivity index (χ3v) is 4.96. The predicted molar refractivity (Wildman–Crippen MR) is 88.7 cm³/mol. The molecular formula is C17H27N3O. The highest BCUT2D eigenvalue weighted by Crippen LogP contribution is 2.40. The number of nitrogen functional groups attached to an aromatic ring is 1. The molecule has 1 heterocycles. The Labute approximate surface area is 127 Å². The topological polar surface area (TPSA) is 49.6 Å². The Morgan fingerprint density at radius 3 is 2.48 bits per heavy atom. The Balaban J connectivity index is 2.21. The second kappa shape index (κ2) is 5.96. The minimum absolute atomic E-state index is 0.00821. The van der Waals surface area contributed by atoms with Gasteiger partial charge in [-0.1, -0.05) is 13.8 Å². The fourth-order valence-electron chi connectivity index (χ4n) is 3.20. The van der Waals surface area contributed by atoms with Gasteiger partial charge in [-0.05, 0) is 42.9 Å². The average Bonchev–Trinajstić information content (AvgIpc) is 2.91. The van der Waals surface area contributed by atoms with Gasteiger partial charge < -0.3 is 15.5 Å². The molecule has 1 aliphatic rings. The number of anilines is 2. The van der Waals surface area contributed by atoms with Gasteiger partial charge in [0.05, 0.1) is 11.4 Å². The van der Waals surface area contributed by atoms with Crippen LogP contribution < -0.4 is 10.6 Å². The molecule has 1 fully saturated rings. The van der Waals surface area contributed by atoms with E-state index in [0.717, 1.165) is 18.8 Å². The summed E-state index contributed by atoms with van der Waals surface area (Å²) >= 11 is 0. The van der Waals surface area contributed by atoms with Gasteiger partial charge in [-0.2, -0.15) is 0 Å². The van der Waals surface area contributed by atoms with Crippen molar-refractivity contribution in [2.45, 2.75) is 33.1 Å². The van der Waals surface area contributed by atoms with E-state index in [1.54, 1.807) is 25.1 Å². The lowest BCUT2D eigenvalue weighted by atomic mass is 9.82.